The van der Waals surface area contributed by atoms with E-state index >= 15 is 0 Å². The lowest BCUT2D eigenvalue weighted by Gasteiger charge is -2.19. The molecule has 2 rings (SSSR count). The number of carbonyl (C=O) groups is 1. The van der Waals surface area contributed by atoms with Crippen molar-refractivity contribution >= 4 is 23.2 Å². The van der Waals surface area contributed by atoms with Gasteiger partial charge in [0.15, 0.2) is 0 Å². The van der Waals surface area contributed by atoms with E-state index in [9.17, 15) is 4.79 Å². The standard InChI is InChI=1S/C19H23ClN2O2/c1-13-5-6-14(2)17(9-13)21-19(23)12-22(3)11-15-10-16(20)7-8-18(15)24-4/h5-10H,11-12H2,1-4H3,(H,21,23). The predicted molar refractivity (Wildman–Crippen MR) is 98.9 cm³/mol. The highest BCUT2D eigenvalue weighted by Gasteiger charge is 2.12. The van der Waals surface area contributed by atoms with Crippen molar-refractivity contribution in [1.29, 1.82) is 0 Å². The second-order valence-corrected chi connectivity index (χ2v) is 6.43. The van der Waals surface area contributed by atoms with Gasteiger partial charge >= 0.3 is 0 Å². The summed E-state index contributed by atoms with van der Waals surface area (Å²) in [5, 5.41) is 3.62. The Labute approximate surface area is 148 Å². The number of anilines is 1. The Bertz CT molecular complexity index is 731. The Morgan fingerprint density at radius 3 is 2.67 bits per heavy atom. The number of likely N-dealkylation sites (N-methyl/N-ethyl adjacent to an activating group) is 1. The molecule has 5 heteroatoms. The van der Waals surface area contributed by atoms with Crippen molar-refractivity contribution in [1.82, 2.24) is 4.90 Å². The third-order valence-electron chi connectivity index (χ3n) is 3.76. The van der Waals surface area contributed by atoms with Gasteiger partial charge in [0, 0.05) is 22.8 Å². The van der Waals surface area contributed by atoms with Crippen LogP contribution in [0.3, 0.4) is 0 Å². The third-order valence-corrected chi connectivity index (χ3v) is 4.00. The fraction of sp³-hybridized carbons (Fsp3) is 0.316. The molecule has 0 saturated heterocycles. The van der Waals surface area contributed by atoms with Crippen LogP contribution in [-0.4, -0.2) is 31.5 Å². The van der Waals surface area contributed by atoms with Crippen LogP contribution in [0.4, 0.5) is 5.69 Å². The molecule has 2 aromatic carbocycles. The summed E-state index contributed by atoms with van der Waals surface area (Å²) in [6.07, 6.45) is 0. The third kappa shape index (κ3) is 4.98. The quantitative estimate of drug-likeness (QED) is 0.858. The van der Waals surface area contributed by atoms with Crippen LogP contribution in [0.1, 0.15) is 16.7 Å². The van der Waals surface area contributed by atoms with Crippen molar-refractivity contribution in [2.45, 2.75) is 20.4 Å². The van der Waals surface area contributed by atoms with E-state index < -0.39 is 0 Å². The van der Waals surface area contributed by atoms with Gasteiger partial charge in [-0.2, -0.15) is 0 Å². The summed E-state index contributed by atoms with van der Waals surface area (Å²) in [7, 11) is 3.52. The van der Waals surface area contributed by atoms with Crippen molar-refractivity contribution in [2.75, 3.05) is 26.0 Å². The fourth-order valence-electron chi connectivity index (χ4n) is 2.52. The molecule has 0 aliphatic rings. The zero-order valence-corrected chi connectivity index (χ0v) is 15.3. The molecular weight excluding hydrogens is 324 g/mol. The average Bonchev–Trinajstić information content (AvgIpc) is 2.51. The topological polar surface area (TPSA) is 41.6 Å². The highest BCUT2D eigenvalue weighted by atomic mass is 35.5. The molecule has 0 heterocycles. The van der Waals surface area contributed by atoms with Crippen molar-refractivity contribution < 1.29 is 9.53 Å². The Hall–Kier alpha value is -2.04. The lowest BCUT2D eigenvalue weighted by Crippen LogP contribution is -2.30. The summed E-state index contributed by atoms with van der Waals surface area (Å²) in [5.74, 6) is 0.716. The number of nitrogens with one attached hydrogen (secondary N) is 1. The second-order valence-electron chi connectivity index (χ2n) is 6.00. The maximum atomic E-state index is 12.3. The molecule has 24 heavy (non-hydrogen) atoms. The summed E-state index contributed by atoms with van der Waals surface area (Å²) in [4.78, 5) is 14.2. The van der Waals surface area contributed by atoms with Gasteiger partial charge in [-0.05, 0) is 56.3 Å². The van der Waals surface area contributed by atoms with Gasteiger partial charge in [-0.15, -0.1) is 0 Å². The Balaban J connectivity index is 1.99. The van der Waals surface area contributed by atoms with E-state index in [4.69, 9.17) is 16.3 Å². The number of aryl methyl sites for hydroxylation is 2. The minimum atomic E-state index is -0.0489. The molecule has 2 aromatic rings. The summed E-state index contributed by atoms with van der Waals surface area (Å²) in [6.45, 7) is 4.84. The summed E-state index contributed by atoms with van der Waals surface area (Å²) in [6, 6.07) is 11.5. The maximum absolute atomic E-state index is 12.3. The van der Waals surface area contributed by atoms with Crippen molar-refractivity contribution in [2.24, 2.45) is 0 Å². The van der Waals surface area contributed by atoms with Gasteiger partial charge in [-0.1, -0.05) is 23.7 Å². The molecular formula is C19H23ClN2O2. The first kappa shape index (κ1) is 18.3. The zero-order valence-electron chi connectivity index (χ0n) is 14.5. The highest BCUT2D eigenvalue weighted by molar-refractivity contribution is 6.30. The van der Waals surface area contributed by atoms with Gasteiger partial charge in [0.2, 0.25) is 5.91 Å². The molecule has 0 radical (unpaired) electrons. The first-order valence-electron chi connectivity index (χ1n) is 7.77. The number of nitrogens with zero attached hydrogens (tertiary/aromatic N) is 1. The smallest absolute Gasteiger partial charge is 0.238 e. The van der Waals surface area contributed by atoms with Gasteiger partial charge in [0.05, 0.1) is 13.7 Å². The van der Waals surface area contributed by atoms with Crippen LogP contribution < -0.4 is 10.1 Å². The molecule has 0 spiro atoms. The fourth-order valence-corrected chi connectivity index (χ4v) is 2.72. The van der Waals surface area contributed by atoms with E-state index in [0.29, 0.717) is 11.6 Å². The number of hydrogen-bond donors (Lipinski definition) is 1. The molecule has 0 bridgehead atoms. The van der Waals surface area contributed by atoms with Crippen molar-refractivity contribution in [3.05, 3.63) is 58.1 Å². The molecule has 0 aliphatic carbocycles. The molecule has 0 aliphatic heterocycles. The number of ether oxygens (including phenoxy) is 1. The Morgan fingerprint density at radius 1 is 1.21 bits per heavy atom. The highest BCUT2D eigenvalue weighted by Crippen LogP contribution is 2.23. The Morgan fingerprint density at radius 2 is 1.96 bits per heavy atom. The number of amides is 1. The monoisotopic (exact) mass is 346 g/mol. The number of carbonyl (C=O) groups excluding carboxylic acids is 1. The van der Waals surface area contributed by atoms with Gasteiger partial charge in [-0.3, -0.25) is 9.69 Å². The van der Waals surface area contributed by atoms with Crippen LogP contribution >= 0.6 is 11.6 Å². The second kappa shape index (κ2) is 8.18. The summed E-state index contributed by atoms with van der Waals surface area (Å²) >= 11 is 6.05. The SMILES string of the molecule is COc1ccc(Cl)cc1CN(C)CC(=O)Nc1cc(C)ccc1C. The van der Waals surface area contributed by atoms with E-state index in [-0.39, 0.29) is 12.5 Å². The van der Waals surface area contributed by atoms with Crippen LogP contribution in [0.2, 0.25) is 5.02 Å². The number of rotatable bonds is 6. The largest absolute Gasteiger partial charge is 0.496 e. The van der Waals surface area contributed by atoms with Crippen LogP contribution in [0.15, 0.2) is 36.4 Å². The molecule has 0 saturated carbocycles. The minimum Gasteiger partial charge on any atom is -0.496 e. The normalized spacial score (nSPS) is 10.8. The number of methoxy groups -OCH3 is 1. The van der Waals surface area contributed by atoms with Gasteiger partial charge in [-0.25, -0.2) is 0 Å². The van der Waals surface area contributed by atoms with Crippen molar-refractivity contribution in [3.63, 3.8) is 0 Å². The molecule has 0 aromatic heterocycles. The molecule has 1 amide bonds. The first-order chi connectivity index (χ1) is 11.4. The Kier molecular flexibility index (Phi) is 6.23. The predicted octanol–water partition coefficient (Wildman–Crippen LogP) is 4.04. The minimum absolute atomic E-state index is 0.0489. The van der Waals surface area contributed by atoms with E-state index in [0.717, 1.165) is 28.1 Å². The van der Waals surface area contributed by atoms with Crippen molar-refractivity contribution in [3.8, 4) is 5.75 Å². The lowest BCUT2D eigenvalue weighted by molar-refractivity contribution is -0.117. The number of benzene rings is 2. The molecule has 0 fully saturated rings. The van der Waals surface area contributed by atoms with Gasteiger partial charge in [0.25, 0.3) is 0 Å². The zero-order chi connectivity index (χ0) is 17.7. The van der Waals surface area contributed by atoms with Gasteiger partial charge in [0.1, 0.15) is 5.75 Å². The molecule has 0 unspecified atom stereocenters. The molecule has 1 N–H and O–H groups in total. The van der Waals surface area contributed by atoms with Crippen LogP contribution in [0.25, 0.3) is 0 Å². The summed E-state index contributed by atoms with van der Waals surface area (Å²) in [5.41, 5.74) is 3.97. The van der Waals surface area contributed by atoms with Crippen LogP contribution in [-0.2, 0) is 11.3 Å². The van der Waals surface area contributed by atoms with Crippen LogP contribution in [0, 0.1) is 13.8 Å². The molecule has 128 valence electrons. The van der Waals surface area contributed by atoms with E-state index in [1.54, 1.807) is 13.2 Å². The average molecular weight is 347 g/mol. The van der Waals surface area contributed by atoms with E-state index in [1.807, 2.05) is 56.1 Å². The lowest BCUT2D eigenvalue weighted by atomic mass is 10.1. The maximum Gasteiger partial charge on any atom is 0.238 e. The van der Waals surface area contributed by atoms with Gasteiger partial charge < -0.3 is 10.1 Å². The number of hydrogen-bond acceptors (Lipinski definition) is 3. The summed E-state index contributed by atoms with van der Waals surface area (Å²) < 4.78 is 5.34. The van der Waals surface area contributed by atoms with E-state index in [2.05, 4.69) is 5.32 Å². The molecule has 0 atom stereocenters. The first-order valence-corrected chi connectivity index (χ1v) is 8.15. The van der Waals surface area contributed by atoms with Crippen LogP contribution in [0.5, 0.6) is 5.75 Å². The molecule has 4 nitrogen and oxygen atoms in total. The van der Waals surface area contributed by atoms with E-state index in [1.165, 1.54) is 0 Å². The number of halogens is 1.